The molecule has 11 aromatic carbocycles. The fourth-order valence-corrected chi connectivity index (χ4v) is 16.3. The number of hydrogen-bond acceptors (Lipinski definition) is 0. The average Bonchev–Trinajstić information content (AvgIpc) is 3.86. The zero-order chi connectivity index (χ0) is 46.6. The summed E-state index contributed by atoms with van der Waals surface area (Å²) in [6.45, 7) is 14.7. The van der Waals surface area contributed by atoms with Crippen LogP contribution in [0.25, 0.3) is 110 Å². The van der Waals surface area contributed by atoms with E-state index in [-0.39, 0.29) is 10.8 Å². The lowest BCUT2D eigenvalue weighted by atomic mass is 9.79. The minimum Gasteiger partial charge on any atom is -0.0623 e. The van der Waals surface area contributed by atoms with Crippen LogP contribution in [0, 0.1) is 0 Å². The van der Waals surface area contributed by atoms with E-state index in [1.807, 2.05) is 0 Å². The highest BCUT2D eigenvalue weighted by atomic mass is 28.3. The van der Waals surface area contributed by atoms with Crippen molar-refractivity contribution in [2.75, 3.05) is 0 Å². The molecular formula is C68H52Si. The molecule has 1 heterocycles. The summed E-state index contributed by atoms with van der Waals surface area (Å²) in [5.74, 6) is 0. The SMILES string of the molecule is CC1(C)c2ccccc2-c2ccc(-c3c4ccc(-c5ccc6cc(-c7ccccc7)ccc6c5)cc4c(-c4ccc5c(c4)C(C)(C)c4ccccc4-5)c4cc5c(cc34)-c3ccccc3[Si]5(C)C)cc21. The van der Waals surface area contributed by atoms with Gasteiger partial charge in [0, 0.05) is 10.8 Å². The van der Waals surface area contributed by atoms with Crippen molar-refractivity contribution in [2.45, 2.75) is 51.6 Å². The zero-order valence-electron chi connectivity index (χ0n) is 40.1. The second kappa shape index (κ2) is 14.2. The highest BCUT2D eigenvalue weighted by Gasteiger charge is 2.40. The number of fused-ring (bicyclic) bond motifs is 12. The lowest BCUT2D eigenvalue weighted by Crippen LogP contribution is -2.49. The van der Waals surface area contributed by atoms with E-state index >= 15 is 0 Å². The van der Waals surface area contributed by atoms with Crippen LogP contribution in [0.3, 0.4) is 0 Å². The van der Waals surface area contributed by atoms with Gasteiger partial charge >= 0.3 is 0 Å². The Morgan fingerprint density at radius 2 is 0.725 bits per heavy atom. The van der Waals surface area contributed by atoms with Gasteiger partial charge in [-0.2, -0.15) is 0 Å². The molecular weight excluding hydrogens is 845 g/mol. The molecule has 11 aromatic rings. The molecule has 0 N–H and O–H groups in total. The summed E-state index contributed by atoms with van der Waals surface area (Å²) < 4.78 is 0. The maximum Gasteiger partial charge on any atom is 0.113 e. The summed E-state index contributed by atoms with van der Waals surface area (Å²) >= 11 is 0. The van der Waals surface area contributed by atoms with Gasteiger partial charge in [-0.1, -0.05) is 211 Å². The fraction of sp³-hybridized carbons (Fsp3) is 0.118. The third kappa shape index (κ3) is 5.69. The molecule has 14 rings (SSSR count). The highest BCUT2D eigenvalue weighted by Crippen LogP contribution is 2.54. The van der Waals surface area contributed by atoms with E-state index in [0.717, 1.165) is 0 Å². The molecule has 0 fully saturated rings. The molecule has 1 aliphatic heterocycles. The van der Waals surface area contributed by atoms with Crippen LogP contribution in [0.4, 0.5) is 0 Å². The fourth-order valence-electron chi connectivity index (χ4n) is 13.2. The zero-order valence-corrected chi connectivity index (χ0v) is 41.1. The van der Waals surface area contributed by atoms with E-state index < -0.39 is 8.07 Å². The number of hydrogen-bond donors (Lipinski definition) is 0. The quantitative estimate of drug-likeness (QED) is 0.122. The third-order valence-electron chi connectivity index (χ3n) is 16.8. The molecule has 3 aliphatic rings. The van der Waals surface area contributed by atoms with Crippen LogP contribution in [0.1, 0.15) is 49.9 Å². The van der Waals surface area contributed by atoms with Crippen molar-refractivity contribution in [3.63, 3.8) is 0 Å². The maximum absolute atomic E-state index is 2.66. The first-order valence-electron chi connectivity index (χ1n) is 24.7. The number of benzene rings is 11. The van der Waals surface area contributed by atoms with Gasteiger partial charge in [0.05, 0.1) is 0 Å². The average molecular weight is 897 g/mol. The van der Waals surface area contributed by atoms with E-state index in [2.05, 4.69) is 247 Å². The molecule has 0 amide bonds. The Balaban J connectivity index is 1.07. The normalized spacial score (nSPS) is 15.2. The summed E-state index contributed by atoms with van der Waals surface area (Å²) in [7, 11) is -2.05. The van der Waals surface area contributed by atoms with Gasteiger partial charge < -0.3 is 0 Å². The molecule has 1 heteroatoms. The molecule has 0 aromatic heterocycles. The van der Waals surface area contributed by atoms with Crippen LogP contribution in [0.15, 0.2) is 206 Å². The van der Waals surface area contributed by atoms with Crippen molar-refractivity contribution in [3.05, 3.63) is 229 Å². The van der Waals surface area contributed by atoms with Crippen molar-refractivity contribution in [2.24, 2.45) is 0 Å². The molecule has 0 saturated carbocycles. The van der Waals surface area contributed by atoms with Crippen LogP contribution in [0.5, 0.6) is 0 Å². The first-order chi connectivity index (χ1) is 33.5. The van der Waals surface area contributed by atoms with Gasteiger partial charge in [0.2, 0.25) is 0 Å². The molecule has 0 radical (unpaired) electrons. The minimum absolute atomic E-state index is 0.122. The topological polar surface area (TPSA) is 0 Å². The lowest BCUT2D eigenvalue weighted by molar-refractivity contribution is 0.660. The largest absolute Gasteiger partial charge is 0.113 e. The molecule has 0 spiro atoms. The van der Waals surface area contributed by atoms with E-state index in [1.54, 1.807) is 0 Å². The summed E-state index contributed by atoms with van der Waals surface area (Å²) in [5, 5.41) is 10.8. The Morgan fingerprint density at radius 3 is 1.35 bits per heavy atom. The Hall–Kier alpha value is -7.58. The Morgan fingerprint density at radius 1 is 0.275 bits per heavy atom. The van der Waals surface area contributed by atoms with Gasteiger partial charge in [-0.15, -0.1) is 0 Å². The summed E-state index contributed by atoms with van der Waals surface area (Å²) in [6.07, 6.45) is 0. The van der Waals surface area contributed by atoms with Crippen LogP contribution >= 0.6 is 0 Å². The Labute approximate surface area is 406 Å². The second-order valence-electron chi connectivity index (χ2n) is 21.6. The molecule has 2 aliphatic carbocycles. The molecule has 328 valence electrons. The summed E-state index contributed by atoms with van der Waals surface area (Å²) in [4.78, 5) is 0. The third-order valence-corrected chi connectivity index (χ3v) is 20.4. The predicted molar refractivity (Wildman–Crippen MR) is 298 cm³/mol. The van der Waals surface area contributed by atoms with Crippen LogP contribution in [-0.2, 0) is 10.8 Å². The van der Waals surface area contributed by atoms with Crippen molar-refractivity contribution in [1.82, 2.24) is 0 Å². The Bertz CT molecular complexity index is 4030. The molecule has 69 heavy (non-hydrogen) atoms. The van der Waals surface area contributed by atoms with E-state index in [1.165, 1.54) is 143 Å². The van der Waals surface area contributed by atoms with Gasteiger partial charge in [-0.05, 0) is 179 Å². The van der Waals surface area contributed by atoms with Gasteiger partial charge in [-0.3, -0.25) is 0 Å². The van der Waals surface area contributed by atoms with Gasteiger partial charge in [0.25, 0.3) is 0 Å². The van der Waals surface area contributed by atoms with Crippen LogP contribution < -0.4 is 10.4 Å². The second-order valence-corrected chi connectivity index (χ2v) is 26.0. The molecule has 0 nitrogen and oxygen atoms in total. The monoisotopic (exact) mass is 896 g/mol. The molecule has 0 bridgehead atoms. The first-order valence-corrected chi connectivity index (χ1v) is 27.7. The van der Waals surface area contributed by atoms with E-state index in [9.17, 15) is 0 Å². The van der Waals surface area contributed by atoms with Crippen LogP contribution in [0.2, 0.25) is 13.1 Å². The smallest absolute Gasteiger partial charge is 0.0623 e. The standard InChI is InChI=1S/C68H52Si/c1-67(2)59-21-13-10-18-49(59)51-31-29-47(37-61(51)67)65-54-33-28-46(45-27-26-43-34-42(24-25-44(43)35-45)41-16-8-7-9-17-41)36-56(54)66(48-30-32-52-50-19-11-14-22-60(50)68(3,4)62(52)38-48)58-40-64-55(39-57(58)65)53-20-12-15-23-63(53)69(64,5)6/h7-40H,1-6H3. The molecule has 0 saturated heterocycles. The lowest BCUT2D eigenvalue weighted by Gasteiger charge is -2.25. The highest BCUT2D eigenvalue weighted by molar-refractivity contribution is 7.04. The van der Waals surface area contributed by atoms with Crippen molar-refractivity contribution in [3.8, 4) is 77.9 Å². The predicted octanol–water partition coefficient (Wildman–Crippen LogP) is 17.2. The van der Waals surface area contributed by atoms with Gasteiger partial charge in [0.1, 0.15) is 8.07 Å². The van der Waals surface area contributed by atoms with Gasteiger partial charge in [-0.25, -0.2) is 0 Å². The summed E-state index contributed by atoms with van der Waals surface area (Å²) in [5.41, 5.74) is 23.7. The van der Waals surface area contributed by atoms with Crippen LogP contribution in [-0.4, -0.2) is 8.07 Å². The van der Waals surface area contributed by atoms with Crippen molar-refractivity contribution < 1.29 is 0 Å². The minimum atomic E-state index is -2.05. The molecule has 0 atom stereocenters. The van der Waals surface area contributed by atoms with Crippen molar-refractivity contribution in [1.29, 1.82) is 0 Å². The van der Waals surface area contributed by atoms with E-state index in [4.69, 9.17) is 0 Å². The first kappa shape index (κ1) is 40.5. The molecule has 0 unspecified atom stereocenters. The summed E-state index contributed by atoms with van der Waals surface area (Å²) in [6, 6.07) is 79.3. The Kier molecular flexibility index (Phi) is 8.35. The van der Waals surface area contributed by atoms with E-state index in [0.29, 0.717) is 0 Å². The maximum atomic E-state index is 2.66. The van der Waals surface area contributed by atoms with Crippen molar-refractivity contribution >= 4 is 50.8 Å². The number of rotatable bonds is 4. The van der Waals surface area contributed by atoms with Gasteiger partial charge in [0.15, 0.2) is 0 Å².